The van der Waals surface area contributed by atoms with Gasteiger partial charge in [0.15, 0.2) is 0 Å². The average molecular weight is 361 g/mol. The van der Waals surface area contributed by atoms with Crippen molar-refractivity contribution >= 4 is 22.4 Å². The van der Waals surface area contributed by atoms with Gasteiger partial charge in [-0.05, 0) is 68.7 Å². The minimum atomic E-state index is 0.751. The largest absolute Gasteiger partial charge is 0.381 e. The van der Waals surface area contributed by atoms with Crippen LogP contribution in [0.1, 0.15) is 18.4 Å². The van der Waals surface area contributed by atoms with E-state index in [-0.39, 0.29) is 0 Å². The third kappa shape index (κ3) is 4.74. The first kappa shape index (κ1) is 17.7. The molecule has 2 N–H and O–H groups in total. The molecule has 5 heteroatoms. The van der Waals surface area contributed by atoms with E-state index >= 15 is 0 Å². The lowest BCUT2D eigenvalue weighted by molar-refractivity contribution is 0.226. The highest BCUT2D eigenvalue weighted by molar-refractivity contribution is 5.81. The summed E-state index contributed by atoms with van der Waals surface area (Å²) in [5, 5.41) is 8.10. The van der Waals surface area contributed by atoms with Gasteiger partial charge in [0, 0.05) is 36.6 Å². The van der Waals surface area contributed by atoms with Crippen LogP contribution in [0.2, 0.25) is 0 Å². The molecule has 4 rings (SSSR count). The van der Waals surface area contributed by atoms with Crippen LogP contribution in [-0.4, -0.2) is 41.5 Å². The van der Waals surface area contributed by atoms with Crippen molar-refractivity contribution in [3.63, 3.8) is 0 Å². The summed E-state index contributed by atoms with van der Waals surface area (Å²) >= 11 is 0. The molecule has 1 fully saturated rings. The Labute approximate surface area is 160 Å². The van der Waals surface area contributed by atoms with Gasteiger partial charge in [0.2, 0.25) is 0 Å². The zero-order valence-electron chi connectivity index (χ0n) is 15.9. The highest BCUT2D eigenvalue weighted by Crippen LogP contribution is 2.19. The Balaban J connectivity index is 1.28. The molecule has 0 unspecified atom stereocenters. The van der Waals surface area contributed by atoms with Crippen LogP contribution in [0, 0.1) is 5.92 Å². The predicted octanol–water partition coefficient (Wildman–Crippen LogP) is 4.00. The highest BCUT2D eigenvalue weighted by Gasteiger charge is 2.16. The Hall–Kier alpha value is -2.66. The van der Waals surface area contributed by atoms with Crippen LogP contribution in [-0.2, 0) is 6.54 Å². The average Bonchev–Trinajstić information content (AvgIpc) is 2.72. The van der Waals surface area contributed by atoms with E-state index in [0.717, 1.165) is 41.4 Å². The first-order valence-corrected chi connectivity index (χ1v) is 9.72. The lowest BCUT2D eigenvalue weighted by atomic mass is 9.97. The van der Waals surface area contributed by atoms with Crippen molar-refractivity contribution in [2.24, 2.45) is 5.92 Å². The van der Waals surface area contributed by atoms with E-state index in [1.165, 1.54) is 31.5 Å². The molecule has 3 aromatic rings. The summed E-state index contributed by atoms with van der Waals surface area (Å²) in [6.45, 7) is 4.17. The van der Waals surface area contributed by atoms with Crippen molar-refractivity contribution in [1.29, 1.82) is 0 Å². The lowest BCUT2D eigenvalue weighted by Gasteiger charge is -2.29. The maximum atomic E-state index is 4.57. The summed E-state index contributed by atoms with van der Waals surface area (Å²) < 4.78 is 0. The van der Waals surface area contributed by atoms with Gasteiger partial charge in [0.25, 0.3) is 0 Å². The fourth-order valence-corrected chi connectivity index (χ4v) is 3.53. The lowest BCUT2D eigenvalue weighted by Crippen LogP contribution is -2.33. The molecule has 0 radical (unpaired) electrons. The van der Waals surface area contributed by atoms with Gasteiger partial charge in [-0.2, -0.15) is 0 Å². The van der Waals surface area contributed by atoms with E-state index in [1.807, 2.05) is 18.5 Å². The number of anilines is 2. The van der Waals surface area contributed by atoms with Crippen molar-refractivity contribution in [3.8, 4) is 0 Å². The fourth-order valence-electron chi connectivity index (χ4n) is 3.53. The van der Waals surface area contributed by atoms with Gasteiger partial charge >= 0.3 is 0 Å². The van der Waals surface area contributed by atoms with Gasteiger partial charge in [-0.15, -0.1) is 0 Å². The Morgan fingerprint density at radius 1 is 1.04 bits per heavy atom. The van der Waals surface area contributed by atoms with E-state index in [1.54, 1.807) is 0 Å². The van der Waals surface area contributed by atoms with Gasteiger partial charge in [-0.1, -0.05) is 18.2 Å². The molecule has 2 aromatic heterocycles. The van der Waals surface area contributed by atoms with Gasteiger partial charge < -0.3 is 15.5 Å². The van der Waals surface area contributed by atoms with Crippen molar-refractivity contribution in [1.82, 2.24) is 14.9 Å². The quantitative estimate of drug-likeness (QED) is 0.695. The number of fused-ring (bicyclic) bond motifs is 1. The molecule has 0 atom stereocenters. The van der Waals surface area contributed by atoms with Crippen molar-refractivity contribution in [3.05, 3.63) is 60.4 Å². The summed E-state index contributed by atoms with van der Waals surface area (Å²) in [5.74, 6) is 1.72. The predicted molar refractivity (Wildman–Crippen MR) is 112 cm³/mol. The Kier molecular flexibility index (Phi) is 5.49. The van der Waals surface area contributed by atoms with Crippen molar-refractivity contribution < 1.29 is 0 Å². The zero-order valence-corrected chi connectivity index (χ0v) is 15.9. The molecule has 0 aliphatic carbocycles. The molecule has 140 valence electrons. The van der Waals surface area contributed by atoms with Crippen LogP contribution in [0.25, 0.3) is 10.9 Å². The molecule has 0 bridgehead atoms. The normalized spacial score (nSPS) is 15.7. The molecule has 1 saturated heterocycles. The molecule has 0 amide bonds. The third-order valence-electron chi connectivity index (χ3n) is 5.34. The first-order chi connectivity index (χ1) is 13.3. The monoisotopic (exact) mass is 361 g/mol. The number of pyridine rings is 2. The highest BCUT2D eigenvalue weighted by atomic mass is 15.1. The summed E-state index contributed by atoms with van der Waals surface area (Å²) in [7, 11) is 2.20. The summed E-state index contributed by atoms with van der Waals surface area (Å²) in [4.78, 5) is 11.4. The van der Waals surface area contributed by atoms with Crippen LogP contribution in [0.4, 0.5) is 11.5 Å². The molecule has 1 aliphatic heterocycles. The molecular weight excluding hydrogens is 334 g/mol. The van der Waals surface area contributed by atoms with Crippen LogP contribution in [0.3, 0.4) is 0 Å². The Bertz CT molecular complexity index is 869. The smallest absolute Gasteiger partial charge is 0.125 e. The number of nitrogens with one attached hydrogen (secondary N) is 2. The fraction of sp³-hybridized carbons (Fsp3) is 0.364. The number of hydrogen-bond acceptors (Lipinski definition) is 5. The zero-order chi connectivity index (χ0) is 18.5. The summed E-state index contributed by atoms with van der Waals surface area (Å²) in [5.41, 5.74) is 3.25. The summed E-state index contributed by atoms with van der Waals surface area (Å²) in [6.07, 6.45) is 6.31. The molecule has 1 aromatic carbocycles. The number of hydrogen-bond donors (Lipinski definition) is 2. The number of likely N-dealkylation sites (tertiary alicyclic amines) is 1. The second-order valence-electron chi connectivity index (χ2n) is 7.44. The Morgan fingerprint density at radius 3 is 2.74 bits per heavy atom. The Morgan fingerprint density at radius 2 is 1.93 bits per heavy atom. The van der Waals surface area contributed by atoms with Gasteiger partial charge in [0.05, 0.1) is 5.52 Å². The van der Waals surface area contributed by atoms with E-state index in [0.29, 0.717) is 0 Å². The van der Waals surface area contributed by atoms with Crippen molar-refractivity contribution in [2.45, 2.75) is 19.4 Å². The number of piperidine rings is 1. The van der Waals surface area contributed by atoms with Crippen LogP contribution >= 0.6 is 0 Å². The van der Waals surface area contributed by atoms with E-state index in [9.17, 15) is 0 Å². The molecule has 0 spiro atoms. The topological polar surface area (TPSA) is 53.1 Å². The minimum absolute atomic E-state index is 0.751. The molecular formula is C22H27N5. The SMILES string of the molecule is CN1CCC(CNc2ccc(CNc3ccc4cccnc4c3)cn2)CC1. The van der Waals surface area contributed by atoms with Crippen LogP contribution in [0.5, 0.6) is 0 Å². The van der Waals surface area contributed by atoms with Crippen LogP contribution < -0.4 is 10.6 Å². The van der Waals surface area contributed by atoms with Crippen LogP contribution in [0.15, 0.2) is 54.9 Å². The van der Waals surface area contributed by atoms with Crippen molar-refractivity contribution in [2.75, 3.05) is 37.3 Å². The summed E-state index contributed by atoms with van der Waals surface area (Å²) in [6, 6.07) is 14.5. The van der Waals surface area contributed by atoms with Gasteiger partial charge in [0.1, 0.15) is 5.82 Å². The third-order valence-corrected chi connectivity index (χ3v) is 5.34. The molecule has 1 aliphatic rings. The van der Waals surface area contributed by atoms with E-state index < -0.39 is 0 Å². The number of benzene rings is 1. The van der Waals surface area contributed by atoms with Gasteiger partial charge in [-0.25, -0.2) is 4.98 Å². The molecule has 5 nitrogen and oxygen atoms in total. The molecule has 27 heavy (non-hydrogen) atoms. The standard InChI is InChI=1S/C22H27N5/c1-27-11-8-17(9-12-27)14-25-22-7-4-18(16-26-22)15-24-20-6-5-19-3-2-10-23-21(19)13-20/h2-7,10,13,16-17,24H,8-9,11-12,14-15H2,1H3,(H,25,26). The number of rotatable bonds is 6. The number of aromatic nitrogens is 2. The molecule has 3 heterocycles. The first-order valence-electron chi connectivity index (χ1n) is 9.72. The second-order valence-corrected chi connectivity index (χ2v) is 7.44. The maximum absolute atomic E-state index is 4.57. The van der Waals surface area contributed by atoms with E-state index in [4.69, 9.17) is 0 Å². The second kappa shape index (κ2) is 8.35. The molecule has 0 saturated carbocycles. The number of nitrogens with zero attached hydrogens (tertiary/aromatic N) is 3. The minimum Gasteiger partial charge on any atom is -0.381 e. The van der Waals surface area contributed by atoms with E-state index in [2.05, 4.69) is 68.9 Å². The maximum Gasteiger partial charge on any atom is 0.125 e. The van der Waals surface area contributed by atoms with Gasteiger partial charge in [-0.3, -0.25) is 4.98 Å².